The first-order valence-electron chi connectivity index (χ1n) is 5.90. The summed E-state index contributed by atoms with van der Waals surface area (Å²) in [6.07, 6.45) is 4.65. The van der Waals surface area contributed by atoms with Crippen LogP contribution in [0.4, 0.5) is 5.69 Å². The van der Waals surface area contributed by atoms with Gasteiger partial charge in [-0.25, -0.2) is 15.0 Å². The van der Waals surface area contributed by atoms with Crippen molar-refractivity contribution in [2.24, 2.45) is 0 Å². The number of amides is 1. The Hall–Kier alpha value is -2.60. The first kappa shape index (κ1) is 12.4. The van der Waals surface area contributed by atoms with Gasteiger partial charge in [0.2, 0.25) is 0 Å². The van der Waals surface area contributed by atoms with Crippen LogP contribution < -0.4 is 5.32 Å². The molecule has 1 aromatic carbocycles. The summed E-state index contributed by atoms with van der Waals surface area (Å²) in [5.74, 6) is -0.255. The third kappa shape index (κ3) is 2.70. The van der Waals surface area contributed by atoms with Crippen LogP contribution in [0.2, 0.25) is 0 Å². The predicted molar refractivity (Wildman–Crippen MR) is 77.5 cm³/mol. The number of aromatic nitrogens is 3. The topological polar surface area (TPSA) is 67.8 Å². The van der Waals surface area contributed by atoms with E-state index in [9.17, 15) is 4.79 Å². The second kappa shape index (κ2) is 5.58. The van der Waals surface area contributed by atoms with Crippen molar-refractivity contribution in [2.75, 3.05) is 5.32 Å². The predicted octanol–water partition coefficient (Wildman–Crippen LogP) is 2.85. The molecule has 20 heavy (non-hydrogen) atoms. The van der Waals surface area contributed by atoms with Crippen LogP contribution in [0, 0.1) is 0 Å². The van der Waals surface area contributed by atoms with Crippen molar-refractivity contribution >= 4 is 22.9 Å². The van der Waals surface area contributed by atoms with Crippen molar-refractivity contribution in [1.29, 1.82) is 0 Å². The minimum Gasteiger partial charge on any atom is -0.321 e. The van der Waals surface area contributed by atoms with Gasteiger partial charge in [-0.15, -0.1) is 11.3 Å². The molecule has 2 aromatic heterocycles. The molecule has 2 heterocycles. The van der Waals surface area contributed by atoms with E-state index in [2.05, 4.69) is 20.3 Å². The van der Waals surface area contributed by atoms with Crippen LogP contribution in [0.5, 0.6) is 0 Å². The zero-order valence-electron chi connectivity index (χ0n) is 10.4. The lowest BCUT2D eigenvalue weighted by atomic mass is 10.2. The molecule has 0 unspecified atom stereocenters. The Kier molecular flexibility index (Phi) is 3.47. The summed E-state index contributed by atoms with van der Waals surface area (Å²) in [5.41, 5.74) is 2.08. The Labute approximate surface area is 119 Å². The minimum absolute atomic E-state index is 0.255. The number of hydrogen-bond donors (Lipinski definition) is 1. The zero-order chi connectivity index (χ0) is 13.8. The van der Waals surface area contributed by atoms with Crippen LogP contribution in [-0.4, -0.2) is 20.9 Å². The van der Waals surface area contributed by atoms with E-state index in [0.29, 0.717) is 11.4 Å². The van der Waals surface area contributed by atoms with Crippen molar-refractivity contribution in [2.45, 2.75) is 0 Å². The molecule has 0 atom stereocenters. The maximum Gasteiger partial charge on any atom is 0.274 e. The maximum absolute atomic E-state index is 11.9. The van der Waals surface area contributed by atoms with Gasteiger partial charge in [-0.2, -0.15) is 0 Å². The Balaban J connectivity index is 1.74. The Morgan fingerprint density at radius 2 is 1.90 bits per heavy atom. The highest BCUT2D eigenvalue weighted by atomic mass is 32.1. The highest BCUT2D eigenvalue weighted by Crippen LogP contribution is 2.23. The number of hydrogen-bond acceptors (Lipinski definition) is 5. The van der Waals surface area contributed by atoms with Crippen LogP contribution in [0.1, 0.15) is 10.5 Å². The average molecular weight is 282 g/mol. The second-order valence-corrected chi connectivity index (χ2v) is 4.86. The molecule has 0 radical (unpaired) electrons. The van der Waals surface area contributed by atoms with Crippen LogP contribution in [-0.2, 0) is 0 Å². The fourth-order valence-electron chi connectivity index (χ4n) is 1.68. The first-order chi connectivity index (χ1) is 9.83. The van der Waals surface area contributed by atoms with E-state index < -0.39 is 0 Å². The third-order valence-corrected chi connectivity index (χ3v) is 3.46. The molecule has 3 rings (SSSR count). The lowest BCUT2D eigenvalue weighted by Crippen LogP contribution is -2.13. The summed E-state index contributed by atoms with van der Waals surface area (Å²) in [6.45, 7) is 0. The van der Waals surface area contributed by atoms with Crippen LogP contribution in [0.25, 0.3) is 10.6 Å². The van der Waals surface area contributed by atoms with Gasteiger partial charge in [-0.05, 0) is 30.3 Å². The Bertz CT molecular complexity index is 696. The Morgan fingerprint density at radius 3 is 2.55 bits per heavy atom. The van der Waals surface area contributed by atoms with Gasteiger partial charge in [0.25, 0.3) is 5.91 Å². The van der Waals surface area contributed by atoms with Crippen molar-refractivity contribution < 1.29 is 4.79 Å². The monoisotopic (exact) mass is 282 g/mol. The van der Waals surface area contributed by atoms with Crippen molar-refractivity contribution in [3.63, 3.8) is 0 Å². The average Bonchev–Trinajstić information content (AvgIpc) is 3.03. The molecule has 0 fully saturated rings. The summed E-state index contributed by atoms with van der Waals surface area (Å²) in [7, 11) is 0. The molecule has 0 spiro atoms. The van der Waals surface area contributed by atoms with E-state index in [-0.39, 0.29) is 5.91 Å². The molecule has 98 valence electrons. The zero-order valence-corrected chi connectivity index (χ0v) is 11.2. The number of benzene rings is 1. The quantitative estimate of drug-likeness (QED) is 0.802. The van der Waals surface area contributed by atoms with E-state index in [1.165, 1.54) is 12.5 Å². The van der Waals surface area contributed by atoms with Crippen LogP contribution >= 0.6 is 11.3 Å². The van der Waals surface area contributed by atoms with Crippen LogP contribution in [0.15, 0.2) is 54.4 Å². The van der Waals surface area contributed by atoms with Gasteiger partial charge < -0.3 is 5.32 Å². The number of anilines is 1. The largest absolute Gasteiger partial charge is 0.321 e. The fourth-order valence-corrected chi connectivity index (χ4v) is 2.33. The molecule has 3 aromatic rings. The number of nitrogens with zero attached hydrogens (tertiary/aromatic N) is 3. The van der Waals surface area contributed by atoms with Gasteiger partial charge in [-0.1, -0.05) is 0 Å². The molecule has 0 aliphatic carbocycles. The summed E-state index contributed by atoms with van der Waals surface area (Å²) < 4.78 is 0. The van der Waals surface area contributed by atoms with Gasteiger partial charge in [0, 0.05) is 29.0 Å². The second-order valence-electron chi connectivity index (χ2n) is 3.96. The van der Waals surface area contributed by atoms with Crippen molar-refractivity contribution in [1.82, 2.24) is 15.0 Å². The SMILES string of the molecule is O=C(Nc1ccc(-c2nccs2)cc1)c1ccncn1. The Morgan fingerprint density at radius 1 is 1.05 bits per heavy atom. The van der Waals surface area contributed by atoms with E-state index in [1.54, 1.807) is 23.6 Å². The number of rotatable bonds is 3. The van der Waals surface area contributed by atoms with Crippen molar-refractivity contribution in [3.05, 3.63) is 60.1 Å². The molecule has 1 amide bonds. The summed E-state index contributed by atoms with van der Waals surface area (Å²) >= 11 is 1.58. The first-order valence-corrected chi connectivity index (χ1v) is 6.78. The van der Waals surface area contributed by atoms with E-state index in [0.717, 1.165) is 10.6 Å². The van der Waals surface area contributed by atoms with E-state index in [1.807, 2.05) is 29.6 Å². The molecule has 0 saturated heterocycles. The number of nitrogens with one attached hydrogen (secondary N) is 1. The van der Waals surface area contributed by atoms with Gasteiger partial charge >= 0.3 is 0 Å². The van der Waals surface area contributed by atoms with Crippen molar-refractivity contribution in [3.8, 4) is 10.6 Å². The third-order valence-electron chi connectivity index (χ3n) is 2.64. The molecule has 0 aliphatic heterocycles. The molecule has 0 bridgehead atoms. The summed E-state index contributed by atoms with van der Waals surface area (Å²) in [6, 6.07) is 9.10. The highest BCUT2D eigenvalue weighted by Gasteiger charge is 2.07. The summed E-state index contributed by atoms with van der Waals surface area (Å²) in [4.78, 5) is 23.8. The highest BCUT2D eigenvalue weighted by molar-refractivity contribution is 7.13. The molecular formula is C14H10N4OS. The molecule has 6 heteroatoms. The van der Waals surface area contributed by atoms with Gasteiger partial charge in [0.1, 0.15) is 17.0 Å². The molecule has 0 saturated carbocycles. The fraction of sp³-hybridized carbons (Fsp3) is 0. The summed E-state index contributed by atoms with van der Waals surface area (Å²) in [5, 5.41) is 5.67. The lowest BCUT2D eigenvalue weighted by Gasteiger charge is -2.05. The minimum atomic E-state index is -0.255. The smallest absolute Gasteiger partial charge is 0.274 e. The molecule has 5 nitrogen and oxygen atoms in total. The van der Waals surface area contributed by atoms with Gasteiger partial charge in [0.05, 0.1) is 0 Å². The molecule has 0 aliphatic rings. The number of thiazole rings is 1. The van der Waals surface area contributed by atoms with E-state index >= 15 is 0 Å². The lowest BCUT2D eigenvalue weighted by molar-refractivity contribution is 0.102. The van der Waals surface area contributed by atoms with Gasteiger partial charge in [-0.3, -0.25) is 4.79 Å². The standard InChI is InChI=1S/C14H10N4OS/c19-13(12-5-6-15-9-17-12)18-11-3-1-10(2-4-11)14-16-7-8-20-14/h1-9H,(H,18,19). The number of carbonyl (C=O) groups excluding carboxylic acids is 1. The van der Waals surface area contributed by atoms with Gasteiger partial charge in [0.15, 0.2) is 0 Å². The number of carbonyl (C=O) groups is 1. The van der Waals surface area contributed by atoms with Crippen LogP contribution in [0.3, 0.4) is 0 Å². The molecular weight excluding hydrogens is 272 g/mol. The normalized spacial score (nSPS) is 10.2. The van der Waals surface area contributed by atoms with E-state index in [4.69, 9.17) is 0 Å². The maximum atomic E-state index is 11.9. The molecule has 1 N–H and O–H groups in total.